The van der Waals surface area contributed by atoms with Gasteiger partial charge in [0, 0.05) is 30.6 Å². The van der Waals surface area contributed by atoms with E-state index in [-0.39, 0.29) is 31.2 Å². The first-order valence-corrected chi connectivity index (χ1v) is 13.4. The van der Waals surface area contributed by atoms with Crippen LogP contribution in [0, 0.1) is 5.92 Å². The number of carboxylic acids is 1. The van der Waals surface area contributed by atoms with E-state index in [1.165, 1.54) is 0 Å². The molecule has 230 valence electrons. The van der Waals surface area contributed by atoms with Crippen molar-refractivity contribution in [2.75, 3.05) is 11.9 Å². The zero-order valence-corrected chi connectivity index (χ0v) is 22.5. The number of carbonyl (C=O) groups is 3. The van der Waals surface area contributed by atoms with Crippen molar-refractivity contribution < 1.29 is 50.2 Å². The largest absolute Gasteiger partial charge is 0.481 e. The average molecular weight is 612 g/mol. The molecule has 4 rings (SSSR count). The van der Waals surface area contributed by atoms with Crippen LogP contribution in [0.25, 0.3) is 11.5 Å². The summed E-state index contributed by atoms with van der Waals surface area (Å²) in [6.07, 6.45) is -6.93. The lowest BCUT2D eigenvalue weighted by Gasteiger charge is -2.28. The van der Waals surface area contributed by atoms with E-state index in [1.54, 1.807) is 12.1 Å². The third kappa shape index (κ3) is 8.14. The van der Waals surface area contributed by atoms with Crippen LogP contribution in [0.15, 0.2) is 52.9 Å². The van der Waals surface area contributed by atoms with Crippen LogP contribution < -0.4 is 10.6 Å². The van der Waals surface area contributed by atoms with Crippen LogP contribution in [-0.4, -0.2) is 34.4 Å². The van der Waals surface area contributed by atoms with Gasteiger partial charge in [0.05, 0.1) is 5.56 Å². The Morgan fingerprint density at radius 3 is 2.16 bits per heavy atom. The normalized spacial score (nSPS) is 17.3. The van der Waals surface area contributed by atoms with Crippen molar-refractivity contribution in [3.8, 4) is 11.5 Å². The first-order valence-electron chi connectivity index (χ1n) is 13.4. The number of carbonyl (C=O) groups excluding carboxylic acids is 2. The Balaban J connectivity index is 1.33. The summed E-state index contributed by atoms with van der Waals surface area (Å²) in [5, 5.41) is 13.7. The number of hydrogen-bond donors (Lipinski definition) is 3. The summed E-state index contributed by atoms with van der Waals surface area (Å²) in [4.78, 5) is 39.2. The Hall–Kier alpha value is -4.36. The second-order valence-corrected chi connectivity index (χ2v) is 10.2. The highest BCUT2D eigenvalue weighted by molar-refractivity contribution is 5.95. The van der Waals surface area contributed by atoms with Gasteiger partial charge in [-0.2, -0.15) is 26.3 Å². The molecular weight excluding hydrogens is 584 g/mol. The second-order valence-electron chi connectivity index (χ2n) is 10.2. The lowest BCUT2D eigenvalue weighted by Crippen LogP contribution is -2.29. The molecule has 0 aliphatic heterocycles. The summed E-state index contributed by atoms with van der Waals surface area (Å²) < 4.78 is 85.3. The highest BCUT2D eigenvalue weighted by Crippen LogP contribution is 2.40. The first-order chi connectivity index (χ1) is 20.2. The molecular formula is C29H27F6N3O5. The molecule has 0 spiro atoms. The van der Waals surface area contributed by atoms with Gasteiger partial charge in [0.1, 0.15) is 0 Å². The van der Waals surface area contributed by atoms with Crippen LogP contribution in [0.3, 0.4) is 0 Å². The molecule has 1 saturated carbocycles. The predicted molar refractivity (Wildman–Crippen MR) is 141 cm³/mol. The SMILES string of the molecule is O=C(O)C[C@H]1CC[C@H](c2ccc(NC(=O)CCNC(=O)c3nc(-c4ccccc4C(F)(F)F)oc3C(F)(F)F)cc2)CC1. The maximum atomic E-state index is 13.6. The molecule has 1 aliphatic carbocycles. The van der Waals surface area contributed by atoms with Gasteiger partial charge in [-0.3, -0.25) is 14.4 Å². The van der Waals surface area contributed by atoms with Gasteiger partial charge in [0.2, 0.25) is 17.6 Å². The zero-order valence-electron chi connectivity index (χ0n) is 22.5. The molecule has 1 aliphatic rings. The van der Waals surface area contributed by atoms with Crippen LogP contribution >= 0.6 is 0 Å². The smallest absolute Gasteiger partial charge is 0.452 e. The van der Waals surface area contributed by atoms with Crippen molar-refractivity contribution in [2.45, 2.75) is 56.8 Å². The van der Waals surface area contributed by atoms with E-state index in [0.717, 1.165) is 49.4 Å². The zero-order chi connectivity index (χ0) is 31.4. The molecule has 0 saturated heterocycles. The third-order valence-corrected chi connectivity index (χ3v) is 7.18. The minimum atomic E-state index is -5.23. The van der Waals surface area contributed by atoms with Crippen molar-refractivity contribution in [3.05, 3.63) is 71.1 Å². The number of hydrogen-bond acceptors (Lipinski definition) is 5. The lowest BCUT2D eigenvalue weighted by molar-refractivity contribution is -0.153. The van der Waals surface area contributed by atoms with Crippen molar-refractivity contribution in [1.82, 2.24) is 10.3 Å². The maximum absolute atomic E-state index is 13.6. The Kier molecular flexibility index (Phi) is 9.46. The Morgan fingerprint density at radius 1 is 0.907 bits per heavy atom. The maximum Gasteiger partial charge on any atom is 0.452 e. The van der Waals surface area contributed by atoms with Gasteiger partial charge >= 0.3 is 18.3 Å². The topological polar surface area (TPSA) is 122 Å². The molecule has 0 radical (unpaired) electrons. The number of amides is 2. The number of nitrogens with one attached hydrogen (secondary N) is 2. The number of alkyl halides is 6. The van der Waals surface area contributed by atoms with Crippen molar-refractivity contribution in [2.24, 2.45) is 5.92 Å². The summed E-state index contributed by atoms with van der Waals surface area (Å²) in [5.74, 6) is -5.15. The lowest BCUT2D eigenvalue weighted by atomic mass is 9.77. The van der Waals surface area contributed by atoms with Gasteiger partial charge < -0.3 is 20.2 Å². The number of halogens is 6. The highest BCUT2D eigenvalue weighted by Gasteiger charge is 2.43. The standard InChI is InChI=1S/C29H27F6N3O5/c30-28(31,32)21-4-2-1-3-20(21)27-38-24(25(43-27)29(33,34)35)26(42)36-14-13-22(39)37-19-11-9-18(10-12-19)17-7-5-16(6-8-17)15-23(40)41/h1-4,9-12,16-17H,5-8,13-15H2,(H,36,42)(H,37,39)(H,40,41)/t16-,17-. The Labute approximate surface area is 241 Å². The van der Waals surface area contributed by atoms with E-state index in [4.69, 9.17) is 5.11 Å². The number of carboxylic acid groups (broad SMARTS) is 1. The molecule has 1 fully saturated rings. The summed E-state index contributed by atoms with van der Waals surface area (Å²) in [6, 6.07) is 10.8. The fraction of sp³-hybridized carbons (Fsp3) is 0.379. The molecule has 2 amide bonds. The summed E-state index contributed by atoms with van der Waals surface area (Å²) in [6.45, 7) is -0.388. The van der Waals surface area contributed by atoms with Crippen LogP contribution in [0.2, 0.25) is 0 Å². The number of aromatic nitrogens is 1. The first kappa shape index (κ1) is 31.6. The van der Waals surface area contributed by atoms with E-state index in [2.05, 4.69) is 20.0 Å². The van der Waals surface area contributed by atoms with Crippen LogP contribution in [0.1, 0.15) is 71.8 Å². The van der Waals surface area contributed by atoms with E-state index < -0.39 is 58.6 Å². The van der Waals surface area contributed by atoms with Crippen molar-refractivity contribution in [3.63, 3.8) is 0 Å². The number of anilines is 1. The molecule has 3 aromatic rings. The van der Waals surface area contributed by atoms with Gasteiger partial charge in [-0.25, -0.2) is 4.98 Å². The summed E-state index contributed by atoms with van der Waals surface area (Å²) in [5.41, 5.74) is -1.79. The number of nitrogens with zero attached hydrogens (tertiary/aromatic N) is 1. The van der Waals surface area contributed by atoms with Crippen molar-refractivity contribution >= 4 is 23.5 Å². The summed E-state index contributed by atoms with van der Waals surface area (Å²) in [7, 11) is 0. The van der Waals surface area contributed by atoms with Gasteiger partial charge in [0.15, 0.2) is 5.69 Å². The van der Waals surface area contributed by atoms with Gasteiger partial charge in [-0.1, -0.05) is 24.3 Å². The number of benzene rings is 2. The van der Waals surface area contributed by atoms with Crippen molar-refractivity contribution in [1.29, 1.82) is 0 Å². The number of aliphatic carboxylic acids is 1. The molecule has 0 bridgehead atoms. The monoisotopic (exact) mass is 611 g/mol. The minimum absolute atomic E-state index is 0.164. The van der Waals surface area contributed by atoms with E-state index in [0.29, 0.717) is 11.8 Å². The van der Waals surface area contributed by atoms with Crippen LogP contribution in [0.4, 0.5) is 32.0 Å². The van der Waals surface area contributed by atoms with Gasteiger partial charge in [-0.15, -0.1) is 0 Å². The fourth-order valence-corrected chi connectivity index (χ4v) is 5.08. The third-order valence-electron chi connectivity index (χ3n) is 7.18. The van der Waals surface area contributed by atoms with E-state index in [1.807, 2.05) is 12.1 Å². The quantitative estimate of drug-likeness (QED) is 0.227. The molecule has 43 heavy (non-hydrogen) atoms. The molecule has 0 atom stereocenters. The highest BCUT2D eigenvalue weighted by atomic mass is 19.4. The minimum Gasteiger partial charge on any atom is -0.481 e. The van der Waals surface area contributed by atoms with Gasteiger partial charge in [0.25, 0.3) is 5.91 Å². The molecule has 2 aromatic carbocycles. The number of rotatable bonds is 9. The van der Waals surface area contributed by atoms with Gasteiger partial charge in [-0.05, 0) is 67.3 Å². The summed E-state index contributed by atoms with van der Waals surface area (Å²) >= 11 is 0. The molecule has 8 nitrogen and oxygen atoms in total. The second kappa shape index (κ2) is 12.9. The molecule has 1 heterocycles. The Morgan fingerprint density at radius 2 is 1.56 bits per heavy atom. The van der Waals surface area contributed by atoms with Crippen LogP contribution in [0.5, 0.6) is 0 Å². The molecule has 3 N–H and O–H groups in total. The molecule has 0 unspecified atom stereocenters. The number of oxazole rings is 1. The molecule has 14 heteroatoms. The predicted octanol–water partition coefficient (Wildman–Crippen LogP) is 6.89. The van der Waals surface area contributed by atoms with E-state index >= 15 is 0 Å². The average Bonchev–Trinajstić information content (AvgIpc) is 3.40. The van der Waals surface area contributed by atoms with Crippen LogP contribution in [-0.2, 0) is 21.9 Å². The van der Waals surface area contributed by atoms with E-state index in [9.17, 15) is 40.7 Å². The Bertz CT molecular complexity index is 1460. The molecule has 1 aromatic heterocycles. The fourth-order valence-electron chi connectivity index (χ4n) is 5.08.